The topological polar surface area (TPSA) is 22.1 Å². The van der Waals surface area contributed by atoms with Crippen LogP contribution in [0.5, 0.6) is 11.5 Å². The molecule has 0 atom stereocenters. The minimum atomic E-state index is -0.332. The minimum absolute atomic E-state index is 0.332. The third-order valence-corrected chi connectivity index (χ3v) is 3.03. The molecule has 0 radical (unpaired) electrons. The molecule has 0 spiro atoms. The number of benzene rings is 1. The van der Waals surface area contributed by atoms with E-state index in [1.54, 1.807) is 30.6 Å². The summed E-state index contributed by atoms with van der Waals surface area (Å²) in [6, 6.07) is 6.21. The van der Waals surface area contributed by atoms with E-state index in [2.05, 4.69) is 20.9 Å². The standard InChI is InChI=1S/C12H8BrClFNO/c13-10-5-9(1-2-11(10)15)17-12-7-16-4-3-8(12)6-14/h1-5,7H,6H2. The summed E-state index contributed by atoms with van der Waals surface area (Å²) in [6.07, 6.45) is 3.22. The maximum Gasteiger partial charge on any atom is 0.150 e. The van der Waals surface area contributed by atoms with Crippen molar-refractivity contribution in [3.8, 4) is 11.5 Å². The Labute approximate surface area is 112 Å². The Morgan fingerprint density at radius 2 is 2.18 bits per heavy atom. The predicted molar refractivity (Wildman–Crippen MR) is 68.0 cm³/mol. The van der Waals surface area contributed by atoms with E-state index in [0.717, 1.165) is 5.56 Å². The molecule has 2 aromatic rings. The maximum atomic E-state index is 13.0. The lowest BCUT2D eigenvalue weighted by Crippen LogP contribution is -1.91. The largest absolute Gasteiger partial charge is 0.455 e. The summed E-state index contributed by atoms with van der Waals surface area (Å²) in [5, 5.41) is 0. The third kappa shape index (κ3) is 2.96. The average molecular weight is 317 g/mol. The first-order valence-electron chi connectivity index (χ1n) is 4.82. The molecule has 2 rings (SSSR count). The highest BCUT2D eigenvalue weighted by atomic mass is 79.9. The van der Waals surface area contributed by atoms with Crippen molar-refractivity contribution in [2.45, 2.75) is 5.88 Å². The molecule has 17 heavy (non-hydrogen) atoms. The van der Waals surface area contributed by atoms with Crippen LogP contribution >= 0.6 is 27.5 Å². The second-order valence-electron chi connectivity index (χ2n) is 3.30. The molecule has 0 amide bonds. The Hall–Kier alpha value is -1.13. The zero-order valence-corrected chi connectivity index (χ0v) is 11.0. The molecule has 0 aliphatic rings. The van der Waals surface area contributed by atoms with Gasteiger partial charge in [0.15, 0.2) is 0 Å². The number of pyridine rings is 1. The Morgan fingerprint density at radius 1 is 1.35 bits per heavy atom. The minimum Gasteiger partial charge on any atom is -0.455 e. The fraction of sp³-hybridized carbons (Fsp3) is 0.0833. The van der Waals surface area contributed by atoms with E-state index in [-0.39, 0.29) is 5.82 Å². The molecule has 88 valence electrons. The van der Waals surface area contributed by atoms with Crippen LogP contribution in [0.25, 0.3) is 0 Å². The quantitative estimate of drug-likeness (QED) is 0.777. The lowest BCUT2D eigenvalue weighted by atomic mass is 10.3. The summed E-state index contributed by atoms with van der Waals surface area (Å²) in [6.45, 7) is 0. The summed E-state index contributed by atoms with van der Waals surface area (Å²) in [5.74, 6) is 1.10. The maximum absolute atomic E-state index is 13.0. The number of ether oxygens (including phenoxy) is 1. The molecule has 0 saturated carbocycles. The molecule has 5 heteroatoms. The molecule has 0 fully saturated rings. The van der Waals surface area contributed by atoms with Gasteiger partial charge in [-0.3, -0.25) is 4.98 Å². The van der Waals surface area contributed by atoms with E-state index in [1.165, 1.54) is 6.07 Å². The van der Waals surface area contributed by atoms with Crippen molar-refractivity contribution in [3.05, 3.63) is 52.5 Å². The highest BCUT2D eigenvalue weighted by Gasteiger charge is 2.06. The number of hydrogen-bond donors (Lipinski definition) is 0. The summed E-state index contributed by atoms with van der Waals surface area (Å²) >= 11 is 8.88. The molecule has 0 bridgehead atoms. The van der Waals surface area contributed by atoms with Crippen molar-refractivity contribution in [1.82, 2.24) is 4.98 Å². The molecule has 0 saturated heterocycles. The van der Waals surface area contributed by atoms with Gasteiger partial charge >= 0.3 is 0 Å². The molecule has 0 aliphatic heterocycles. The van der Waals surface area contributed by atoms with Crippen LogP contribution < -0.4 is 4.74 Å². The number of halogens is 3. The molecule has 0 unspecified atom stereocenters. The molecule has 1 heterocycles. The molecule has 1 aromatic heterocycles. The van der Waals surface area contributed by atoms with E-state index < -0.39 is 0 Å². The second kappa shape index (κ2) is 5.47. The van der Waals surface area contributed by atoms with Gasteiger partial charge < -0.3 is 4.74 Å². The number of aromatic nitrogens is 1. The fourth-order valence-corrected chi connectivity index (χ4v) is 1.86. The summed E-state index contributed by atoms with van der Waals surface area (Å²) in [7, 11) is 0. The number of hydrogen-bond acceptors (Lipinski definition) is 2. The Balaban J connectivity index is 2.28. The summed E-state index contributed by atoms with van der Waals surface area (Å²) in [4.78, 5) is 3.96. The lowest BCUT2D eigenvalue weighted by Gasteiger charge is -2.09. The first-order valence-corrected chi connectivity index (χ1v) is 6.15. The predicted octanol–water partition coefficient (Wildman–Crippen LogP) is 4.51. The summed E-state index contributed by atoms with van der Waals surface area (Å²) in [5.41, 5.74) is 0.835. The van der Waals surface area contributed by atoms with E-state index >= 15 is 0 Å². The SMILES string of the molecule is Fc1ccc(Oc2cnccc2CCl)cc1Br. The van der Waals surface area contributed by atoms with Crippen molar-refractivity contribution >= 4 is 27.5 Å². The zero-order chi connectivity index (χ0) is 12.3. The molecular weight excluding hydrogens is 308 g/mol. The number of nitrogens with zero attached hydrogens (tertiary/aromatic N) is 1. The molecule has 2 nitrogen and oxygen atoms in total. The van der Waals surface area contributed by atoms with Crippen molar-refractivity contribution in [2.24, 2.45) is 0 Å². The highest BCUT2D eigenvalue weighted by molar-refractivity contribution is 9.10. The second-order valence-corrected chi connectivity index (χ2v) is 4.42. The van der Waals surface area contributed by atoms with Crippen LogP contribution in [0.3, 0.4) is 0 Å². The van der Waals surface area contributed by atoms with Gasteiger partial charge in [0.2, 0.25) is 0 Å². The van der Waals surface area contributed by atoms with Gasteiger partial charge in [0, 0.05) is 11.8 Å². The zero-order valence-electron chi connectivity index (χ0n) is 8.66. The first kappa shape index (κ1) is 12.3. The van der Waals surface area contributed by atoms with Crippen molar-refractivity contribution in [2.75, 3.05) is 0 Å². The Bertz CT molecular complexity index is 536. The van der Waals surface area contributed by atoms with Gasteiger partial charge in [-0.25, -0.2) is 4.39 Å². The normalized spacial score (nSPS) is 10.3. The molecular formula is C12H8BrClFNO. The average Bonchev–Trinajstić information content (AvgIpc) is 2.34. The van der Waals surface area contributed by atoms with Gasteiger partial charge in [0.1, 0.15) is 17.3 Å². The van der Waals surface area contributed by atoms with Crippen LogP contribution in [0, 0.1) is 5.82 Å². The smallest absolute Gasteiger partial charge is 0.150 e. The van der Waals surface area contributed by atoms with Crippen LogP contribution in [-0.2, 0) is 5.88 Å². The number of alkyl halides is 1. The van der Waals surface area contributed by atoms with Crippen LogP contribution in [0.4, 0.5) is 4.39 Å². The van der Waals surface area contributed by atoms with E-state index in [4.69, 9.17) is 16.3 Å². The van der Waals surface area contributed by atoms with Crippen molar-refractivity contribution < 1.29 is 9.13 Å². The van der Waals surface area contributed by atoms with Crippen LogP contribution in [0.15, 0.2) is 41.1 Å². The Morgan fingerprint density at radius 3 is 2.88 bits per heavy atom. The van der Waals surface area contributed by atoms with Crippen molar-refractivity contribution in [1.29, 1.82) is 0 Å². The van der Waals surface area contributed by atoms with Gasteiger partial charge in [-0.1, -0.05) is 0 Å². The lowest BCUT2D eigenvalue weighted by molar-refractivity contribution is 0.473. The Kier molecular flexibility index (Phi) is 3.97. The molecule has 0 N–H and O–H groups in total. The highest BCUT2D eigenvalue weighted by Crippen LogP contribution is 2.28. The van der Waals surface area contributed by atoms with Crippen LogP contribution in [0.1, 0.15) is 5.56 Å². The third-order valence-electron chi connectivity index (χ3n) is 2.13. The van der Waals surface area contributed by atoms with Crippen LogP contribution in [-0.4, -0.2) is 4.98 Å². The monoisotopic (exact) mass is 315 g/mol. The number of rotatable bonds is 3. The first-order chi connectivity index (χ1) is 8.20. The van der Waals surface area contributed by atoms with E-state index in [1.807, 2.05) is 0 Å². The van der Waals surface area contributed by atoms with Gasteiger partial charge in [-0.2, -0.15) is 0 Å². The van der Waals surface area contributed by atoms with Crippen LogP contribution in [0.2, 0.25) is 0 Å². The summed E-state index contributed by atoms with van der Waals surface area (Å²) < 4.78 is 19.0. The van der Waals surface area contributed by atoms with E-state index in [9.17, 15) is 4.39 Å². The van der Waals surface area contributed by atoms with Gasteiger partial charge in [0.05, 0.1) is 16.5 Å². The van der Waals surface area contributed by atoms with E-state index in [0.29, 0.717) is 21.9 Å². The van der Waals surface area contributed by atoms with Gasteiger partial charge in [-0.15, -0.1) is 11.6 Å². The molecule has 0 aliphatic carbocycles. The van der Waals surface area contributed by atoms with Gasteiger partial charge in [-0.05, 0) is 40.2 Å². The fourth-order valence-electron chi connectivity index (χ4n) is 1.28. The van der Waals surface area contributed by atoms with Crippen molar-refractivity contribution in [3.63, 3.8) is 0 Å². The van der Waals surface area contributed by atoms with Gasteiger partial charge in [0.25, 0.3) is 0 Å². The molecule has 1 aromatic carbocycles.